The Labute approximate surface area is 96.2 Å². The quantitative estimate of drug-likeness (QED) is 0.720. The van der Waals surface area contributed by atoms with Gasteiger partial charge in [-0.3, -0.25) is 4.98 Å². The average molecular weight is 210 g/mol. The number of nitrogens with zero attached hydrogens (tertiary/aromatic N) is 2. The lowest BCUT2D eigenvalue weighted by Crippen LogP contribution is -1.79. The number of hydrogen-bond acceptors (Lipinski definition) is 2. The van der Waals surface area contributed by atoms with Gasteiger partial charge in [0.25, 0.3) is 0 Å². The van der Waals surface area contributed by atoms with Crippen molar-refractivity contribution in [2.75, 3.05) is 0 Å². The van der Waals surface area contributed by atoms with Crippen LogP contribution in [0.4, 0.5) is 0 Å². The summed E-state index contributed by atoms with van der Waals surface area (Å²) < 4.78 is 0. The SMILES string of the molecule is CC.N#Cc1ccc(-c2ccncc2)cc1. The Morgan fingerprint density at radius 1 is 0.875 bits per heavy atom. The van der Waals surface area contributed by atoms with Gasteiger partial charge in [0.1, 0.15) is 0 Å². The lowest BCUT2D eigenvalue weighted by molar-refractivity contribution is 1.33. The van der Waals surface area contributed by atoms with Gasteiger partial charge in [-0.15, -0.1) is 0 Å². The predicted molar refractivity (Wildman–Crippen MR) is 65.7 cm³/mol. The largest absolute Gasteiger partial charge is 0.265 e. The van der Waals surface area contributed by atoms with E-state index in [2.05, 4.69) is 11.1 Å². The summed E-state index contributed by atoms with van der Waals surface area (Å²) in [5.41, 5.74) is 2.90. The van der Waals surface area contributed by atoms with E-state index >= 15 is 0 Å². The van der Waals surface area contributed by atoms with Crippen LogP contribution in [-0.2, 0) is 0 Å². The summed E-state index contributed by atoms with van der Waals surface area (Å²) >= 11 is 0. The molecule has 0 radical (unpaired) electrons. The molecule has 2 aromatic rings. The average Bonchev–Trinajstić information content (AvgIpc) is 2.42. The molecule has 16 heavy (non-hydrogen) atoms. The molecule has 0 aliphatic heterocycles. The van der Waals surface area contributed by atoms with Crippen LogP contribution in [-0.4, -0.2) is 4.98 Å². The zero-order valence-electron chi connectivity index (χ0n) is 9.51. The van der Waals surface area contributed by atoms with Crippen LogP contribution in [0, 0.1) is 11.3 Å². The molecule has 0 atom stereocenters. The molecule has 2 nitrogen and oxygen atoms in total. The van der Waals surface area contributed by atoms with Crippen molar-refractivity contribution in [3.63, 3.8) is 0 Å². The molecule has 0 unspecified atom stereocenters. The van der Waals surface area contributed by atoms with Gasteiger partial charge in [0.05, 0.1) is 11.6 Å². The zero-order valence-corrected chi connectivity index (χ0v) is 9.51. The van der Waals surface area contributed by atoms with E-state index in [0.717, 1.165) is 11.1 Å². The second-order valence-electron chi connectivity index (χ2n) is 2.93. The third-order valence-electron chi connectivity index (χ3n) is 2.03. The minimum Gasteiger partial charge on any atom is -0.265 e. The number of aromatic nitrogens is 1. The van der Waals surface area contributed by atoms with Crippen molar-refractivity contribution in [2.24, 2.45) is 0 Å². The minimum absolute atomic E-state index is 0.683. The molecule has 0 spiro atoms. The first-order valence-electron chi connectivity index (χ1n) is 5.31. The Kier molecular flexibility index (Phi) is 4.75. The van der Waals surface area contributed by atoms with E-state index in [0.29, 0.717) is 5.56 Å². The molecule has 0 aliphatic carbocycles. The Morgan fingerprint density at radius 3 is 1.88 bits per heavy atom. The third kappa shape index (κ3) is 2.93. The minimum atomic E-state index is 0.683. The molecule has 2 rings (SSSR count). The first-order valence-corrected chi connectivity index (χ1v) is 5.31. The van der Waals surface area contributed by atoms with Crippen molar-refractivity contribution < 1.29 is 0 Å². The van der Waals surface area contributed by atoms with E-state index in [1.54, 1.807) is 12.4 Å². The van der Waals surface area contributed by atoms with Crippen LogP contribution >= 0.6 is 0 Å². The molecule has 0 aliphatic rings. The molecule has 0 N–H and O–H groups in total. The van der Waals surface area contributed by atoms with Crippen molar-refractivity contribution in [2.45, 2.75) is 13.8 Å². The van der Waals surface area contributed by atoms with Crippen molar-refractivity contribution >= 4 is 0 Å². The molecule has 0 saturated heterocycles. The standard InChI is InChI=1S/C12H8N2.C2H6/c13-9-10-1-3-11(4-2-10)12-5-7-14-8-6-12;1-2/h1-8H;1-2H3. The maximum absolute atomic E-state index is 8.64. The smallest absolute Gasteiger partial charge is 0.0991 e. The predicted octanol–water partition coefficient (Wildman–Crippen LogP) is 3.65. The van der Waals surface area contributed by atoms with Crippen LogP contribution < -0.4 is 0 Å². The van der Waals surface area contributed by atoms with Crippen LogP contribution in [0.3, 0.4) is 0 Å². The molecular weight excluding hydrogens is 196 g/mol. The Hall–Kier alpha value is -2.14. The Bertz CT molecular complexity index is 452. The van der Waals surface area contributed by atoms with Gasteiger partial charge in [-0.1, -0.05) is 26.0 Å². The van der Waals surface area contributed by atoms with E-state index in [-0.39, 0.29) is 0 Å². The summed E-state index contributed by atoms with van der Waals surface area (Å²) in [7, 11) is 0. The molecular formula is C14H14N2. The van der Waals surface area contributed by atoms with Gasteiger partial charge in [0.15, 0.2) is 0 Å². The van der Waals surface area contributed by atoms with Crippen molar-refractivity contribution in [1.29, 1.82) is 5.26 Å². The Balaban J connectivity index is 0.000000606. The van der Waals surface area contributed by atoms with Crippen molar-refractivity contribution in [3.8, 4) is 17.2 Å². The highest BCUT2D eigenvalue weighted by molar-refractivity contribution is 5.63. The maximum Gasteiger partial charge on any atom is 0.0991 e. The lowest BCUT2D eigenvalue weighted by Gasteiger charge is -1.99. The normalized spacial score (nSPS) is 8.56. The molecule has 0 fully saturated rings. The summed E-state index contributed by atoms with van der Waals surface area (Å²) in [6.07, 6.45) is 3.51. The summed E-state index contributed by atoms with van der Waals surface area (Å²) in [5.74, 6) is 0. The van der Waals surface area contributed by atoms with Crippen molar-refractivity contribution in [3.05, 3.63) is 54.4 Å². The second-order valence-corrected chi connectivity index (χ2v) is 2.93. The lowest BCUT2D eigenvalue weighted by atomic mass is 10.1. The topological polar surface area (TPSA) is 36.7 Å². The first kappa shape index (κ1) is 11.9. The first-order chi connectivity index (χ1) is 7.90. The fourth-order valence-corrected chi connectivity index (χ4v) is 1.28. The van der Waals surface area contributed by atoms with E-state index in [9.17, 15) is 0 Å². The van der Waals surface area contributed by atoms with E-state index in [1.165, 1.54) is 0 Å². The van der Waals surface area contributed by atoms with Gasteiger partial charge < -0.3 is 0 Å². The van der Waals surface area contributed by atoms with E-state index in [1.807, 2.05) is 50.2 Å². The number of rotatable bonds is 1. The Morgan fingerprint density at radius 2 is 1.38 bits per heavy atom. The summed E-state index contributed by atoms with van der Waals surface area (Å²) in [5, 5.41) is 8.64. The summed E-state index contributed by atoms with van der Waals surface area (Å²) in [6, 6.07) is 13.5. The molecule has 0 saturated carbocycles. The van der Waals surface area contributed by atoms with Gasteiger partial charge >= 0.3 is 0 Å². The van der Waals surface area contributed by atoms with Crippen molar-refractivity contribution in [1.82, 2.24) is 4.98 Å². The summed E-state index contributed by atoms with van der Waals surface area (Å²) in [4.78, 5) is 3.95. The fourth-order valence-electron chi connectivity index (χ4n) is 1.28. The van der Waals surface area contributed by atoms with E-state index in [4.69, 9.17) is 5.26 Å². The molecule has 1 aromatic carbocycles. The monoisotopic (exact) mass is 210 g/mol. The third-order valence-corrected chi connectivity index (χ3v) is 2.03. The highest BCUT2D eigenvalue weighted by Gasteiger charge is 1.95. The molecule has 1 heterocycles. The summed E-state index contributed by atoms with van der Waals surface area (Å²) in [6.45, 7) is 4.00. The molecule has 2 heteroatoms. The van der Waals surface area contributed by atoms with Gasteiger partial charge in [0.2, 0.25) is 0 Å². The number of pyridine rings is 1. The van der Waals surface area contributed by atoms with E-state index < -0.39 is 0 Å². The molecule has 80 valence electrons. The van der Waals surface area contributed by atoms with Gasteiger partial charge in [-0.2, -0.15) is 5.26 Å². The van der Waals surface area contributed by atoms with Crippen LogP contribution in [0.25, 0.3) is 11.1 Å². The zero-order chi connectivity index (χ0) is 11.8. The molecule has 1 aromatic heterocycles. The fraction of sp³-hybridized carbons (Fsp3) is 0.143. The number of nitriles is 1. The highest BCUT2D eigenvalue weighted by Crippen LogP contribution is 2.18. The number of benzene rings is 1. The van der Waals surface area contributed by atoms with Crippen LogP contribution in [0.2, 0.25) is 0 Å². The molecule has 0 amide bonds. The molecule has 0 bridgehead atoms. The number of hydrogen-bond donors (Lipinski definition) is 0. The van der Waals surface area contributed by atoms with Crippen LogP contribution in [0.1, 0.15) is 19.4 Å². The van der Waals surface area contributed by atoms with Gasteiger partial charge in [0, 0.05) is 12.4 Å². The van der Waals surface area contributed by atoms with Crippen LogP contribution in [0.15, 0.2) is 48.8 Å². The highest BCUT2D eigenvalue weighted by atomic mass is 14.6. The van der Waals surface area contributed by atoms with Crippen LogP contribution in [0.5, 0.6) is 0 Å². The maximum atomic E-state index is 8.64. The second kappa shape index (κ2) is 6.36. The van der Waals surface area contributed by atoms with Gasteiger partial charge in [-0.05, 0) is 35.4 Å². The van der Waals surface area contributed by atoms with Gasteiger partial charge in [-0.25, -0.2) is 0 Å².